The topological polar surface area (TPSA) is 79.8 Å². The molecule has 6 heteroatoms. The molecule has 124 valence electrons. The zero-order chi connectivity index (χ0) is 16.1. The van der Waals surface area contributed by atoms with Crippen molar-refractivity contribution in [2.24, 2.45) is 11.8 Å². The minimum absolute atomic E-state index is 0.193. The lowest BCUT2D eigenvalue weighted by atomic mass is 9.96. The second kappa shape index (κ2) is 5.47. The summed E-state index contributed by atoms with van der Waals surface area (Å²) < 4.78 is 11.0. The summed E-state index contributed by atoms with van der Waals surface area (Å²) in [4.78, 5) is 12.1. The first-order valence-corrected chi connectivity index (χ1v) is 8.14. The number of benzene rings is 1. The zero-order valence-corrected chi connectivity index (χ0v) is 13.3. The van der Waals surface area contributed by atoms with Crippen molar-refractivity contribution < 1.29 is 19.4 Å². The van der Waals surface area contributed by atoms with E-state index in [1.165, 1.54) is 0 Å². The van der Waals surface area contributed by atoms with Crippen molar-refractivity contribution >= 4 is 5.91 Å². The first kappa shape index (κ1) is 14.9. The Morgan fingerprint density at radius 2 is 2.04 bits per heavy atom. The predicted molar refractivity (Wildman–Crippen MR) is 83.4 cm³/mol. The largest absolute Gasteiger partial charge is 0.492 e. The van der Waals surface area contributed by atoms with Crippen LogP contribution < -0.4 is 15.4 Å². The average Bonchev–Trinajstić information content (AvgIpc) is 2.94. The van der Waals surface area contributed by atoms with Gasteiger partial charge in [-0.3, -0.25) is 10.1 Å². The van der Waals surface area contributed by atoms with E-state index in [1.54, 1.807) is 13.1 Å². The minimum atomic E-state index is -0.785. The number of aliphatic hydroxyl groups excluding tert-OH is 1. The molecule has 2 unspecified atom stereocenters. The molecular formula is C17H22N2O4. The highest BCUT2D eigenvalue weighted by Gasteiger charge is 2.54. The number of ether oxygens (including phenoxy) is 2. The number of aliphatic hydroxyl groups is 1. The molecule has 4 rings (SSSR count). The second-order valence-electron chi connectivity index (χ2n) is 6.74. The normalized spacial score (nSPS) is 32.0. The molecule has 1 saturated heterocycles. The van der Waals surface area contributed by atoms with Crippen molar-refractivity contribution in [1.29, 1.82) is 0 Å². The van der Waals surface area contributed by atoms with Crippen molar-refractivity contribution in [2.75, 3.05) is 26.9 Å². The molecule has 5 atom stereocenters. The monoisotopic (exact) mass is 318 g/mol. The lowest BCUT2D eigenvalue weighted by Gasteiger charge is -2.17. The van der Waals surface area contributed by atoms with E-state index in [1.807, 2.05) is 6.07 Å². The van der Waals surface area contributed by atoms with E-state index in [4.69, 9.17) is 9.47 Å². The maximum absolute atomic E-state index is 12.1. The molecule has 1 amide bonds. The van der Waals surface area contributed by atoms with Crippen LogP contribution in [-0.2, 0) is 4.74 Å². The number of hydrogen-bond acceptors (Lipinski definition) is 5. The third kappa shape index (κ3) is 2.41. The molecule has 0 bridgehead atoms. The van der Waals surface area contributed by atoms with Crippen LogP contribution in [0.3, 0.4) is 0 Å². The summed E-state index contributed by atoms with van der Waals surface area (Å²) in [6.45, 7) is 4.17. The van der Waals surface area contributed by atoms with Gasteiger partial charge in [-0.1, -0.05) is 6.92 Å². The lowest BCUT2D eigenvalue weighted by Crippen LogP contribution is -2.28. The Kier molecular flexibility index (Phi) is 3.55. The maximum atomic E-state index is 12.1. The highest BCUT2D eigenvalue weighted by atomic mass is 16.5. The van der Waals surface area contributed by atoms with Crippen LogP contribution in [0.4, 0.5) is 0 Å². The highest BCUT2D eigenvalue weighted by Crippen LogP contribution is 2.45. The van der Waals surface area contributed by atoms with Crippen LogP contribution in [-0.4, -0.2) is 43.9 Å². The number of nitrogens with one attached hydrogen (secondary N) is 2. The van der Waals surface area contributed by atoms with Crippen LogP contribution in [0.2, 0.25) is 0 Å². The molecular weight excluding hydrogens is 296 g/mol. The summed E-state index contributed by atoms with van der Waals surface area (Å²) in [6, 6.07) is 3.98. The van der Waals surface area contributed by atoms with Gasteiger partial charge < -0.3 is 19.9 Å². The molecule has 1 aromatic rings. The zero-order valence-electron chi connectivity index (χ0n) is 13.3. The van der Waals surface area contributed by atoms with E-state index >= 15 is 0 Å². The quantitative estimate of drug-likeness (QED) is 0.715. The number of fused-ring (bicyclic) bond motifs is 2. The van der Waals surface area contributed by atoms with Gasteiger partial charge >= 0.3 is 0 Å². The molecule has 3 aliphatic rings. The Hall–Kier alpha value is -1.63. The first-order chi connectivity index (χ1) is 11.1. The molecule has 6 nitrogen and oxygen atoms in total. The van der Waals surface area contributed by atoms with Gasteiger partial charge in [-0.25, -0.2) is 0 Å². The molecule has 2 aliphatic heterocycles. The van der Waals surface area contributed by atoms with Crippen molar-refractivity contribution in [3.63, 3.8) is 0 Å². The minimum Gasteiger partial charge on any atom is -0.492 e. The first-order valence-electron chi connectivity index (χ1n) is 8.14. The Morgan fingerprint density at radius 3 is 2.74 bits per heavy atom. The fourth-order valence-electron chi connectivity index (χ4n) is 3.73. The third-order valence-corrected chi connectivity index (χ3v) is 5.24. The standard InChI is InChI=1S/C17H22N2O4/c1-8-5-23-15-10(8)3-9(4-11(15)17(21)18-2)16(20)19-14-12-6-22-7-13(12)14/h3-4,8,12-14,16,19-20H,5-7H2,1-2H3,(H,18,21)/t8-,12-,13+,14?,16?/m1/s1. The van der Waals surface area contributed by atoms with Gasteiger partial charge in [-0.2, -0.15) is 0 Å². The van der Waals surface area contributed by atoms with Crippen LogP contribution in [0, 0.1) is 11.8 Å². The van der Waals surface area contributed by atoms with Gasteiger partial charge in [-0.15, -0.1) is 0 Å². The number of carbonyl (C=O) groups is 1. The number of carbonyl (C=O) groups excluding carboxylic acids is 1. The predicted octanol–water partition coefficient (Wildman–Crippen LogP) is 0.767. The molecule has 1 aromatic carbocycles. The van der Waals surface area contributed by atoms with Crippen molar-refractivity contribution in [3.05, 3.63) is 28.8 Å². The van der Waals surface area contributed by atoms with Crippen LogP contribution in [0.1, 0.15) is 40.6 Å². The molecule has 1 saturated carbocycles. The van der Waals surface area contributed by atoms with Crippen molar-refractivity contribution in [2.45, 2.75) is 25.1 Å². The fourth-order valence-corrected chi connectivity index (χ4v) is 3.73. The van der Waals surface area contributed by atoms with Crippen LogP contribution >= 0.6 is 0 Å². The molecule has 3 N–H and O–H groups in total. The van der Waals surface area contributed by atoms with E-state index in [9.17, 15) is 9.90 Å². The third-order valence-electron chi connectivity index (χ3n) is 5.24. The molecule has 2 fully saturated rings. The average molecular weight is 318 g/mol. The van der Waals surface area contributed by atoms with Crippen molar-refractivity contribution in [3.8, 4) is 5.75 Å². The van der Waals surface area contributed by atoms with Crippen LogP contribution in [0.5, 0.6) is 5.75 Å². The highest BCUT2D eigenvalue weighted by molar-refractivity contribution is 5.97. The molecule has 2 heterocycles. The Bertz CT molecular complexity index is 638. The fraction of sp³-hybridized carbons (Fsp3) is 0.588. The van der Waals surface area contributed by atoms with Crippen molar-refractivity contribution in [1.82, 2.24) is 10.6 Å². The SMILES string of the molecule is CNC(=O)c1cc(C(O)NC2[C@H]3COC[C@@H]23)cc2c1OC[C@H]2C. The Balaban J connectivity index is 1.60. The van der Waals surface area contributed by atoms with E-state index in [-0.39, 0.29) is 11.8 Å². The summed E-state index contributed by atoms with van der Waals surface area (Å²) in [5, 5.41) is 16.5. The lowest BCUT2D eigenvalue weighted by molar-refractivity contribution is 0.0958. The molecule has 23 heavy (non-hydrogen) atoms. The molecule has 0 radical (unpaired) electrons. The summed E-state index contributed by atoms with van der Waals surface area (Å²) in [6.07, 6.45) is -0.785. The maximum Gasteiger partial charge on any atom is 0.254 e. The molecule has 0 spiro atoms. The summed E-state index contributed by atoms with van der Waals surface area (Å²) >= 11 is 0. The van der Waals surface area contributed by atoms with E-state index in [0.29, 0.717) is 41.4 Å². The molecule has 0 aromatic heterocycles. The van der Waals surface area contributed by atoms with Gasteiger partial charge in [-0.05, 0) is 17.7 Å². The second-order valence-corrected chi connectivity index (χ2v) is 6.74. The number of amides is 1. The van der Waals surface area contributed by atoms with E-state index < -0.39 is 6.23 Å². The van der Waals surface area contributed by atoms with Gasteiger partial charge in [0.1, 0.15) is 12.0 Å². The van der Waals surface area contributed by atoms with Crippen LogP contribution in [0.15, 0.2) is 12.1 Å². The number of hydrogen-bond donors (Lipinski definition) is 3. The Labute approximate surface area is 135 Å². The van der Waals surface area contributed by atoms with Gasteiger partial charge in [0.15, 0.2) is 0 Å². The smallest absolute Gasteiger partial charge is 0.254 e. The Morgan fingerprint density at radius 1 is 1.30 bits per heavy atom. The number of rotatable bonds is 4. The van der Waals surface area contributed by atoms with Gasteiger partial charge in [0.05, 0.1) is 25.4 Å². The summed E-state index contributed by atoms with van der Waals surface area (Å²) in [7, 11) is 1.60. The van der Waals surface area contributed by atoms with Gasteiger partial charge in [0, 0.05) is 36.4 Å². The van der Waals surface area contributed by atoms with E-state index in [0.717, 1.165) is 18.8 Å². The summed E-state index contributed by atoms with van der Waals surface area (Å²) in [5.74, 6) is 1.69. The summed E-state index contributed by atoms with van der Waals surface area (Å²) in [5.41, 5.74) is 2.19. The van der Waals surface area contributed by atoms with Gasteiger partial charge in [0.2, 0.25) is 0 Å². The molecule has 1 aliphatic carbocycles. The van der Waals surface area contributed by atoms with E-state index in [2.05, 4.69) is 17.6 Å². The van der Waals surface area contributed by atoms with Gasteiger partial charge in [0.25, 0.3) is 5.91 Å². The van der Waals surface area contributed by atoms with Crippen LogP contribution in [0.25, 0.3) is 0 Å².